The van der Waals surface area contributed by atoms with Gasteiger partial charge < -0.3 is 19.8 Å². The summed E-state index contributed by atoms with van der Waals surface area (Å²) in [5, 5.41) is 2.92. The Morgan fingerprint density at radius 1 is 0.938 bits per heavy atom. The number of hydrogen-bond acceptors (Lipinski definition) is 4. The molecule has 0 bridgehead atoms. The zero-order valence-electron chi connectivity index (χ0n) is 18.7. The highest BCUT2D eigenvalue weighted by Crippen LogP contribution is 2.30. The first-order valence-corrected chi connectivity index (χ1v) is 10.9. The number of aryl methyl sites for hydroxylation is 1. The Kier molecular flexibility index (Phi) is 6.30. The van der Waals surface area contributed by atoms with Crippen molar-refractivity contribution in [2.24, 2.45) is 0 Å². The van der Waals surface area contributed by atoms with E-state index in [1.165, 1.54) is 5.56 Å². The third kappa shape index (κ3) is 4.40. The Morgan fingerprint density at radius 2 is 1.56 bits per heavy atom. The first-order chi connectivity index (χ1) is 15.5. The van der Waals surface area contributed by atoms with Crippen LogP contribution in [0.25, 0.3) is 11.1 Å². The second-order valence-corrected chi connectivity index (χ2v) is 8.08. The molecule has 2 N–H and O–H groups in total. The molecule has 6 heteroatoms. The van der Waals surface area contributed by atoms with Crippen LogP contribution in [0.2, 0.25) is 0 Å². The van der Waals surface area contributed by atoms with Gasteiger partial charge in [0.25, 0.3) is 11.5 Å². The molecule has 1 aliphatic rings. The van der Waals surface area contributed by atoms with Gasteiger partial charge in [0.1, 0.15) is 11.5 Å². The second-order valence-electron chi connectivity index (χ2n) is 8.08. The maximum Gasteiger partial charge on any atom is 0.253 e. The van der Waals surface area contributed by atoms with Crippen molar-refractivity contribution in [2.45, 2.75) is 39.2 Å². The van der Waals surface area contributed by atoms with Crippen LogP contribution in [0.5, 0.6) is 11.5 Å². The highest BCUT2D eigenvalue weighted by molar-refractivity contribution is 5.94. The molecule has 0 saturated heterocycles. The number of H-pyrrole nitrogens is 1. The average Bonchev–Trinajstić information content (AvgIpc) is 2.83. The molecule has 166 valence electrons. The lowest BCUT2D eigenvalue weighted by Crippen LogP contribution is -2.30. The van der Waals surface area contributed by atoms with Crippen LogP contribution >= 0.6 is 0 Å². The van der Waals surface area contributed by atoms with Crippen LogP contribution in [-0.4, -0.2) is 25.1 Å². The van der Waals surface area contributed by atoms with Gasteiger partial charge in [-0.25, -0.2) is 0 Å². The third-order valence-electron chi connectivity index (χ3n) is 6.12. The molecule has 1 aromatic heterocycles. The number of methoxy groups -OCH3 is 2. The molecule has 0 fully saturated rings. The van der Waals surface area contributed by atoms with E-state index in [4.69, 9.17) is 9.47 Å². The average molecular weight is 433 g/mol. The van der Waals surface area contributed by atoms with E-state index in [2.05, 4.69) is 10.3 Å². The highest BCUT2D eigenvalue weighted by atomic mass is 16.5. The number of nitrogens with one attached hydrogen (secondary N) is 2. The van der Waals surface area contributed by atoms with E-state index in [0.717, 1.165) is 48.1 Å². The molecule has 1 aliphatic carbocycles. The minimum absolute atomic E-state index is 0.106. The zero-order chi connectivity index (χ0) is 22.7. The molecule has 2 aromatic carbocycles. The number of hydrogen-bond donors (Lipinski definition) is 2. The predicted molar refractivity (Wildman–Crippen MR) is 125 cm³/mol. The number of aromatic amines is 1. The molecule has 0 atom stereocenters. The Hall–Kier alpha value is -3.54. The number of pyridine rings is 1. The van der Waals surface area contributed by atoms with Crippen LogP contribution in [-0.2, 0) is 19.4 Å². The van der Waals surface area contributed by atoms with Crippen LogP contribution < -0.4 is 20.3 Å². The Balaban J connectivity index is 1.51. The topological polar surface area (TPSA) is 80.4 Å². The number of aromatic nitrogens is 1. The first-order valence-electron chi connectivity index (χ1n) is 10.9. The van der Waals surface area contributed by atoms with Gasteiger partial charge in [-0.3, -0.25) is 9.59 Å². The van der Waals surface area contributed by atoms with Crippen molar-refractivity contribution in [2.75, 3.05) is 14.2 Å². The van der Waals surface area contributed by atoms with Crippen LogP contribution in [0.15, 0.2) is 47.3 Å². The van der Waals surface area contributed by atoms with E-state index in [1.807, 2.05) is 37.3 Å². The van der Waals surface area contributed by atoms with E-state index in [9.17, 15) is 9.59 Å². The Bertz CT molecular complexity index is 1170. The maximum absolute atomic E-state index is 12.7. The summed E-state index contributed by atoms with van der Waals surface area (Å²) in [6, 6.07) is 13.0. The summed E-state index contributed by atoms with van der Waals surface area (Å²) in [4.78, 5) is 28.2. The van der Waals surface area contributed by atoms with E-state index in [-0.39, 0.29) is 18.0 Å². The minimum atomic E-state index is -0.204. The third-order valence-corrected chi connectivity index (χ3v) is 6.12. The second kappa shape index (κ2) is 9.30. The molecule has 1 amide bonds. The molecule has 0 unspecified atom stereocenters. The Morgan fingerprint density at radius 3 is 2.19 bits per heavy atom. The van der Waals surface area contributed by atoms with Gasteiger partial charge in [0.2, 0.25) is 0 Å². The van der Waals surface area contributed by atoms with Crippen LogP contribution in [0.3, 0.4) is 0 Å². The summed E-state index contributed by atoms with van der Waals surface area (Å²) in [7, 11) is 3.23. The number of fused-ring (bicyclic) bond motifs is 1. The van der Waals surface area contributed by atoms with Crippen LogP contribution in [0.1, 0.15) is 45.6 Å². The molecule has 32 heavy (non-hydrogen) atoms. The highest BCUT2D eigenvalue weighted by Gasteiger charge is 2.19. The SMILES string of the molecule is COc1cc(OC)cc(-c2ccc(C(=O)NCc3c4c(c(C)[nH]c3=O)CCCC4)cc2)c1. The molecular weight excluding hydrogens is 404 g/mol. The van der Waals surface area contributed by atoms with E-state index in [0.29, 0.717) is 22.6 Å². The molecule has 0 aliphatic heterocycles. The molecule has 0 spiro atoms. The van der Waals surface area contributed by atoms with Gasteiger partial charge in [-0.15, -0.1) is 0 Å². The number of rotatable bonds is 6. The first kappa shape index (κ1) is 21.7. The van der Waals surface area contributed by atoms with Gasteiger partial charge in [0.05, 0.1) is 14.2 Å². The smallest absolute Gasteiger partial charge is 0.253 e. The monoisotopic (exact) mass is 432 g/mol. The fraction of sp³-hybridized carbons (Fsp3) is 0.308. The fourth-order valence-corrected chi connectivity index (χ4v) is 4.36. The van der Waals surface area contributed by atoms with E-state index >= 15 is 0 Å². The number of benzene rings is 2. The summed E-state index contributed by atoms with van der Waals surface area (Å²) in [6.07, 6.45) is 4.09. The van der Waals surface area contributed by atoms with E-state index in [1.54, 1.807) is 26.4 Å². The fourth-order valence-electron chi connectivity index (χ4n) is 4.36. The lowest BCUT2D eigenvalue weighted by molar-refractivity contribution is 0.0950. The van der Waals surface area contributed by atoms with Crippen molar-refractivity contribution in [1.29, 1.82) is 0 Å². The molecule has 6 nitrogen and oxygen atoms in total. The van der Waals surface area contributed by atoms with Gasteiger partial charge >= 0.3 is 0 Å². The van der Waals surface area contributed by atoms with Crippen LogP contribution in [0, 0.1) is 6.92 Å². The lowest BCUT2D eigenvalue weighted by Gasteiger charge is -2.21. The summed E-state index contributed by atoms with van der Waals surface area (Å²) >= 11 is 0. The van der Waals surface area contributed by atoms with Crippen molar-refractivity contribution in [3.05, 3.63) is 80.8 Å². The molecule has 0 radical (unpaired) electrons. The summed E-state index contributed by atoms with van der Waals surface area (Å²) in [5.41, 5.74) is 6.29. The normalized spacial score (nSPS) is 12.7. The zero-order valence-corrected chi connectivity index (χ0v) is 18.7. The van der Waals surface area contributed by atoms with Gasteiger partial charge in [0.15, 0.2) is 0 Å². The summed E-state index contributed by atoms with van der Waals surface area (Å²) in [6.45, 7) is 2.18. The van der Waals surface area contributed by atoms with Gasteiger partial charge in [0, 0.05) is 29.4 Å². The van der Waals surface area contributed by atoms with Crippen molar-refractivity contribution in [3.63, 3.8) is 0 Å². The van der Waals surface area contributed by atoms with Crippen molar-refractivity contribution >= 4 is 5.91 Å². The molecule has 4 rings (SSSR count). The molecule has 3 aromatic rings. The quantitative estimate of drug-likeness (QED) is 0.613. The van der Waals surface area contributed by atoms with Crippen LogP contribution in [0.4, 0.5) is 0 Å². The standard InChI is InChI=1S/C26H28N2O4/c1-16-22-6-4-5-7-23(22)24(26(30)28-16)15-27-25(29)18-10-8-17(9-11-18)19-12-20(31-2)14-21(13-19)32-3/h8-14H,4-7,15H2,1-3H3,(H,27,29)(H,28,30). The summed E-state index contributed by atoms with van der Waals surface area (Å²) < 4.78 is 10.7. The van der Waals surface area contributed by atoms with Gasteiger partial charge in [-0.1, -0.05) is 12.1 Å². The number of carbonyl (C=O) groups excluding carboxylic acids is 1. The van der Waals surface area contributed by atoms with Crippen molar-refractivity contribution < 1.29 is 14.3 Å². The lowest BCUT2D eigenvalue weighted by atomic mass is 9.88. The molecule has 0 saturated carbocycles. The largest absolute Gasteiger partial charge is 0.497 e. The minimum Gasteiger partial charge on any atom is -0.497 e. The van der Waals surface area contributed by atoms with E-state index < -0.39 is 0 Å². The number of carbonyl (C=O) groups is 1. The maximum atomic E-state index is 12.7. The van der Waals surface area contributed by atoms with Gasteiger partial charge in [-0.05, 0) is 79.1 Å². The predicted octanol–water partition coefficient (Wildman–Crippen LogP) is 4.18. The number of amides is 1. The molecular formula is C26H28N2O4. The summed E-state index contributed by atoms with van der Waals surface area (Å²) in [5.74, 6) is 1.20. The van der Waals surface area contributed by atoms with Crippen molar-refractivity contribution in [1.82, 2.24) is 10.3 Å². The van der Waals surface area contributed by atoms with Gasteiger partial charge in [-0.2, -0.15) is 0 Å². The number of ether oxygens (including phenoxy) is 2. The van der Waals surface area contributed by atoms with Crippen molar-refractivity contribution in [3.8, 4) is 22.6 Å². The Labute approximate surface area is 187 Å². The molecule has 1 heterocycles.